The van der Waals surface area contributed by atoms with Crippen LogP contribution in [0.15, 0.2) is 73.1 Å². The van der Waals surface area contributed by atoms with Gasteiger partial charge in [-0.1, -0.05) is 90.1 Å². The Morgan fingerprint density at radius 3 is 1.67 bits per heavy atom. The van der Waals surface area contributed by atoms with Crippen LogP contribution in [0.5, 0.6) is 0 Å². The van der Waals surface area contributed by atoms with Gasteiger partial charge in [0.2, 0.25) is 0 Å². The van der Waals surface area contributed by atoms with E-state index in [2.05, 4.69) is 118 Å². The minimum atomic E-state index is 0.152. The molecule has 1 heterocycles. The molecule has 4 rings (SSSR count). The van der Waals surface area contributed by atoms with Crippen LogP contribution in [0.1, 0.15) is 63.8 Å². The lowest BCUT2D eigenvalue weighted by molar-refractivity contribution is 0.590. The third-order valence-corrected chi connectivity index (χ3v) is 6.31. The van der Waals surface area contributed by atoms with E-state index in [9.17, 15) is 0 Å². The minimum absolute atomic E-state index is 0.152. The van der Waals surface area contributed by atoms with Gasteiger partial charge in [0.15, 0.2) is 0 Å². The second-order valence-corrected chi connectivity index (χ2v) is 11.1. The first-order valence-corrected chi connectivity index (χ1v) is 11.7. The van der Waals surface area contributed by atoms with Gasteiger partial charge in [-0.25, -0.2) is 9.66 Å². The topological polar surface area (TPSA) is 47.1 Å². The predicted octanol–water partition coefficient (Wildman–Crippen LogP) is 6.55. The molecule has 0 aliphatic heterocycles. The van der Waals surface area contributed by atoms with Gasteiger partial charge in [-0.15, -0.1) is 0 Å². The number of fused-ring (bicyclic) bond motifs is 1. The summed E-state index contributed by atoms with van der Waals surface area (Å²) in [6, 6.07) is 24.4. The highest BCUT2D eigenvalue weighted by Crippen LogP contribution is 2.27. The monoisotopic (exact) mass is 440 g/mol. The average Bonchev–Trinajstić information content (AvgIpc) is 3.13. The quantitative estimate of drug-likeness (QED) is 0.358. The van der Waals surface area contributed by atoms with Gasteiger partial charge >= 0.3 is 0 Å². The molecule has 0 radical (unpaired) electrons. The van der Waals surface area contributed by atoms with Gasteiger partial charge in [0.25, 0.3) is 0 Å². The molecule has 1 aromatic heterocycles. The summed E-state index contributed by atoms with van der Waals surface area (Å²) in [5.41, 5.74) is 8.57. The largest absolute Gasteiger partial charge is 0.363 e. The first-order valence-electron chi connectivity index (χ1n) is 11.7. The molecule has 0 saturated heterocycles. The van der Waals surface area contributed by atoms with Crippen molar-refractivity contribution >= 4 is 16.7 Å². The van der Waals surface area contributed by atoms with E-state index < -0.39 is 0 Å². The maximum atomic E-state index is 5.99. The Kier molecular flexibility index (Phi) is 5.96. The molecule has 0 unspecified atom stereocenters. The highest BCUT2D eigenvalue weighted by molar-refractivity contribution is 5.80. The number of benzene rings is 3. The first-order chi connectivity index (χ1) is 15.5. The molecule has 4 heteroatoms. The lowest BCUT2D eigenvalue weighted by Crippen LogP contribution is -2.22. The number of nitrogens with two attached hydrogens (primary N) is 1. The van der Waals surface area contributed by atoms with E-state index in [1.165, 1.54) is 22.3 Å². The second-order valence-electron chi connectivity index (χ2n) is 11.1. The van der Waals surface area contributed by atoms with Crippen molar-refractivity contribution in [3.63, 3.8) is 0 Å². The maximum absolute atomic E-state index is 5.99. The molecule has 0 aliphatic rings. The molecule has 0 amide bonds. The summed E-state index contributed by atoms with van der Waals surface area (Å²) in [5, 5.41) is 0. The highest BCUT2D eigenvalue weighted by Gasteiger charge is 2.16. The van der Waals surface area contributed by atoms with Gasteiger partial charge in [0, 0.05) is 18.8 Å². The van der Waals surface area contributed by atoms with Crippen molar-refractivity contribution in [1.29, 1.82) is 0 Å². The van der Waals surface area contributed by atoms with E-state index in [1.807, 2.05) is 0 Å². The summed E-state index contributed by atoms with van der Waals surface area (Å²) in [7, 11) is 0. The highest BCUT2D eigenvalue weighted by atomic mass is 15.3. The van der Waals surface area contributed by atoms with E-state index in [4.69, 9.17) is 5.84 Å². The number of aromatic nitrogens is 2. The Morgan fingerprint density at radius 2 is 1.21 bits per heavy atom. The molecule has 4 aromatic rings. The molecule has 0 saturated carbocycles. The molecular weight excluding hydrogens is 404 g/mol. The molecule has 0 bridgehead atoms. The molecular formula is C29H36N4. The fourth-order valence-corrected chi connectivity index (χ4v) is 4.12. The molecule has 3 aromatic carbocycles. The van der Waals surface area contributed by atoms with Crippen LogP contribution in [0.4, 0.5) is 5.69 Å². The number of nitrogen functional groups attached to an aromatic ring is 1. The van der Waals surface area contributed by atoms with Gasteiger partial charge in [0.05, 0.1) is 11.0 Å². The zero-order valence-corrected chi connectivity index (χ0v) is 20.8. The molecule has 33 heavy (non-hydrogen) atoms. The Hall–Kier alpha value is -3.27. The van der Waals surface area contributed by atoms with Crippen molar-refractivity contribution in [2.24, 2.45) is 0 Å². The number of imidazole rings is 1. The minimum Gasteiger partial charge on any atom is -0.363 e. The van der Waals surface area contributed by atoms with Crippen molar-refractivity contribution in [3.8, 4) is 0 Å². The number of rotatable bonds is 5. The third-order valence-electron chi connectivity index (χ3n) is 6.31. The fraction of sp³-hybridized carbons (Fsp3) is 0.345. The molecule has 172 valence electrons. The van der Waals surface area contributed by atoms with Gasteiger partial charge in [-0.05, 0) is 51.3 Å². The molecule has 4 nitrogen and oxygen atoms in total. The summed E-state index contributed by atoms with van der Waals surface area (Å²) in [6.45, 7) is 15.1. The van der Waals surface area contributed by atoms with E-state index in [-0.39, 0.29) is 10.8 Å². The summed E-state index contributed by atoms with van der Waals surface area (Å²) in [4.78, 5) is 6.87. The number of hydrogen-bond donors (Lipinski definition) is 1. The van der Waals surface area contributed by atoms with E-state index in [0.717, 1.165) is 29.8 Å². The lowest BCUT2D eigenvalue weighted by atomic mass is 9.86. The van der Waals surface area contributed by atoms with E-state index >= 15 is 0 Å². The average molecular weight is 441 g/mol. The van der Waals surface area contributed by atoms with Crippen molar-refractivity contribution < 1.29 is 0 Å². The maximum Gasteiger partial charge on any atom is 0.115 e. The van der Waals surface area contributed by atoms with Gasteiger partial charge < -0.3 is 10.7 Å². The Balaban J connectivity index is 1.65. The van der Waals surface area contributed by atoms with Crippen LogP contribution < -0.4 is 10.7 Å². The van der Waals surface area contributed by atoms with Crippen molar-refractivity contribution in [2.45, 2.75) is 65.5 Å². The number of hydrogen-bond acceptors (Lipinski definition) is 3. The van der Waals surface area contributed by atoms with Crippen LogP contribution in [0.3, 0.4) is 0 Å². The Labute approximate surface area is 198 Å². The van der Waals surface area contributed by atoms with Gasteiger partial charge in [-0.2, -0.15) is 0 Å². The van der Waals surface area contributed by atoms with Crippen LogP contribution in [0.2, 0.25) is 0 Å². The van der Waals surface area contributed by atoms with Crippen LogP contribution in [0, 0.1) is 0 Å². The van der Waals surface area contributed by atoms with E-state index in [0.29, 0.717) is 0 Å². The molecule has 2 N–H and O–H groups in total. The molecule has 0 atom stereocenters. The summed E-state index contributed by atoms with van der Waals surface area (Å²) in [6.07, 6.45) is 1.66. The van der Waals surface area contributed by atoms with Crippen molar-refractivity contribution in [2.75, 3.05) is 10.7 Å². The van der Waals surface area contributed by atoms with Gasteiger partial charge in [-0.3, -0.25) is 0 Å². The SMILES string of the molecule is CC(C)(C)c1ccc(CN(Cc2ccc(C(C)(C)C)cc2)c2ccc3c(c2)ncn3N)cc1. The number of anilines is 1. The van der Waals surface area contributed by atoms with Crippen LogP contribution >= 0.6 is 0 Å². The second kappa shape index (κ2) is 8.58. The fourth-order valence-electron chi connectivity index (χ4n) is 4.12. The zero-order valence-electron chi connectivity index (χ0n) is 20.8. The Bertz CT molecular complexity index is 1160. The van der Waals surface area contributed by atoms with Gasteiger partial charge in [0.1, 0.15) is 6.33 Å². The van der Waals surface area contributed by atoms with E-state index in [1.54, 1.807) is 11.0 Å². The summed E-state index contributed by atoms with van der Waals surface area (Å²) < 4.78 is 1.57. The zero-order chi connectivity index (χ0) is 23.8. The molecule has 0 fully saturated rings. The molecule has 0 spiro atoms. The smallest absolute Gasteiger partial charge is 0.115 e. The lowest BCUT2D eigenvalue weighted by Gasteiger charge is -2.27. The molecule has 0 aliphatic carbocycles. The normalized spacial score (nSPS) is 12.3. The van der Waals surface area contributed by atoms with Crippen LogP contribution in [-0.4, -0.2) is 9.66 Å². The summed E-state index contributed by atoms with van der Waals surface area (Å²) >= 11 is 0. The van der Waals surface area contributed by atoms with Crippen molar-refractivity contribution in [1.82, 2.24) is 9.66 Å². The number of nitrogens with zero attached hydrogens (tertiary/aromatic N) is 3. The van der Waals surface area contributed by atoms with Crippen LogP contribution in [0.25, 0.3) is 11.0 Å². The first kappa shape index (κ1) is 22.9. The predicted molar refractivity (Wildman–Crippen MR) is 140 cm³/mol. The van der Waals surface area contributed by atoms with Crippen LogP contribution in [-0.2, 0) is 23.9 Å². The third kappa shape index (κ3) is 5.22. The summed E-state index contributed by atoms with van der Waals surface area (Å²) in [5.74, 6) is 5.99. The standard InChI is InChI=1S/C29H36N4/c1-28(2,3)23-11-7-21(8-12-23)18-32(19-22-9-13-24(14-10-22)29(4,5)6)25-15-16-27-26(17-25)31-20-33(27)30/h7-17,20H,18-19,30H2,1-6H3. The Morgan fingerprint density at radius 1 is 0.727 bits per heavy atom. The van der Waals surface area contributed by atoms with Crippen molar-refractivity contribution in [3.05, 3.63) is 95.3 Å².